The summed E-state index contributed by atoms with van der Waals surface area (Å²) >= 11 is 0. The van der Waals surface area contributed by atoms with E-state index < -0.39 is 11.4 Å². The number of nitrogens with one attached hydrogen (secondary N) is 1. The summed E-state index contributed by atoms with van der Waals surface area (Å²) in [5.41, 5.74) is 7.18. The molecule has 8 nitrogen and oxygen atoms in total. The normalized spacial score (nSPS) is 38.3. The highest BCUT2D eigenvalue weighted by Crippen LogP contribution is 2.64. The molecule has 0 bridgehead atoms. The zero-order chi connectivity index (χ0) is 17.6. The fourth-order valence-corrected chi connectivity index (χ4v) is 4.42. The van der Waals surface area contributed by atoms with Gasteiger partial charge in [-0.25, -0.2) is 9.50 Å². The van der Waals surface area contributed by atoms with E-state index >= 15 is 0 Å². The molecule has 2 aliphatic heterocycles. The molecule has 5 rings (SSSR count). The topological polar surface area (TPSA) is 95.9 Å². The Morgan fingerprint density at radius 3 is 2.84 bits per heavy atom. The molecule has 0 amide bonds. The van der Waals surface area contributed by atoms with Crippen LogP contribution in [0.1, 0.15) is 39.5 Å². The molecule has 3 aliphatic rings. The number of aromatic nitrogens is 3. The molecule has 1 spiro atoms. The number of nitrogens with zero attached hydrogens (tertiary/aromatic N) is 3. The lowest BCUT2D eigenvalue weighted by Gasteiger charge is -2.24. The Bertz CT molecular complexity index is 850. The maximum absolute atomic E-state index is 6.36. The van der Waals surface area contributed by atoms with Crippen molar-refractivity contribution in [3.8, 4) is 0 Å². The molecular weight excluding hydrogens is 322 g/mol. The molecule has 3 N–H and O–H groups in total. The number of rotatable bonds is 3. The number of hydrogen-bond donors (Lipinski definition) is 2. The van der Waals surface area contributed by atoms with Crippen molar-refractivity contribution >= 4 is 11.3 Å². The van der Waals surface area contributed by atoms with Crippen LogP contribution in [-0.4, -0.2) is 50.3 Å². The van der Waals surface area contributed by atoms with Gasteiger partial charge in [-0.05, 0) is 26.0 Å². The molecular formula is C17H23N5O3. The van der Waals surface area contributed by atoms with E-state index in [2.05, 4.69) is 29.2 Å². The van der Waals surface area contributed by atoms with Gasteiger partial charge in [0.25, 0.3) is 0 Å². The van der Waals surface area contributed by atoms with Gasteiger partial charge in [-0.15, -0.1) is 0 Å². The van der Waals surface area contributed by atoms with E-state index in [0.717, 1.165) is 11.2 Å². The first-order valence-electron chi connectivity index (χ1n) is 8.71. The fraction of sp³-hybridized carbons (Fsp3) is 0.647. The van der Waals surface area contributed by atoms with E-state index in [1.54, 1.807) is 4.52 Å². The second kappa shape index (κ2) is 4.70. The number of nitrogen functional groups attached to an aromatic ring is 1. The summed E-state index contributed by atoms with van der Waals surface area (Å²) in [6, 6.07) is 4.38. The van der Waals surface area contributed by atoms with Gasteiger partial charge in [0.15, 0.2) is 11.6 Å². The van der Waals surface area contributed by atoms with E-state index in [1.165, 1.54) is 6.33 Å². The lowest BCUT2D eigenvalue weighted by molar-refractivity contribution is -0.176. The third kappa shape index (κ3) is 1.96. The van der Waals surface area contributed by atoms with Crippen LogP contribution in [0.5, 0.6) is 0 Å². The predicted octanol–water partition coefficient (Wildman–Crippen LogP) is 1.02. The smallest absolute Gasteiger partial charge is 0.164 e. The maximum atomic E-state index is 6.36. The Balaban J connectivity index is 1.54. The van der Waals surface area contributed by atoms with Gasteiger partial charge >= 0.3 is 0 Å². The summed E-state index contributed by atoms with van der Waals surface area (Å²) in [4.78, 5) is 4.04. The average molecular weight is 345 g/mol. The van der Waals surface area contributed by atoms with E-state index in [-0.39, 0.29) is 24.4 Å². The van der Waals surface area contributed by atoms with Crippen LogP contribution in [0, 0.1) is 0 Å². The lowest BCUT2D eigenvalue weighted by atomic mass is 10.0. The van der Waals surface area contributed by atoms with Gasteiger partial charge in [-0.1, -0.05) is 13.8 Å². The van der Waals surface area contributed by atoms with Crippen molar-refractivity contribution in [3.05, 3.63) is 24.2 Å². The largest absolute Gasteiger partial charge is 0.382 e. The van der Waals surface area contributed by atoms with Gasteiger partial charge in [0.1, 0.15) is 35.8 Å². The molecule has 25 heavy (non-hydrogen) atoms. The van der Waals surface area contributed by atoms with Gasteiger partial charge in [0, 0.05) is 6.04 Å². The minimum Gasteiger partial charge on any atom is -0.382 e. The van der Waals surface area contributed by atoms with E-state index in [4.69, 9.17) is 19.9 Å². The molecule has 3 fully saturated rings. The third-order valence-electron chi connectivity index (χ3n) is 5.29. The first-order chi connectivity index (χ1) is 11.8. The average Bonchev–Trinajstić information content (AvgIpc) is 2.88. The van der Waals surface area contributed by atoms with Crippen LogP contribution in [0.15, 0.2) is 18.5 Å². The SMILES string of the molecule is CC(C)NC1C2OC(c3ccc4c(N)ncnn34)C3OC(C)(C)OC132. The van der Waals surface area contributed by atoms with Gasteiger partial charge in [-0.3, -0.25) is 0 Å². The highest BCUT2D eigenvalue weighted by Gasteiger charge is 2.83. The fourth-order valence-electron chi connectivity index (χ4n) is 4.42. The molecule has 0 aromatic carbocycles. The third-order valence-corrected chi connectivity index (χ3v) is 5.29. The van der Waals surface area contributed by atoms with E-state index in [1.807, 2.05) is 26.0 Å². The summed E-state index contributed by atoms with van der Waals surface area (Å²) in [6.07, 6.45) is 0.972. The number of ether oxygens (including phenoxy) is 3. The quantitative estimate of drug-likeness (QED) is 0.857. The maximum Gasteiger partial charge on any atom is 0.164 e. The Labute approximate surface area is 145 Å². The van der Waals surface area contributed by atoms with Crippen LogP contribution < -0.4 is 11.1 Å². The van der Waals surface area contributed by atoms with E-state index in [9.17, 15) is 0 Å². The summed E-state index contributed by atoms with van der Waals surface area (Å²) < 4.78 is 20.7. The molecule has 134 valence electrons. The van der Waals surface area contributed by atoms with Gasteiger partial charge < -0.3 is 25.3 Å². The van der Waals surface area contributed by atoms with Crippen LogP contribution in [0.4, 0.5) is 5.82 Å². The molecule has 2 aromatic heterocycles. The van der Waals surface area contributed by atoms with Crippen molar-refractivity contribution in [2.45, 2.75) is 69.5 Å². The zero-order valence-electron chi connectivity index (χ0n) is 14.8. The van der Waals surface area contributed by atoms with Crippen LogP contribution in [0.2, 0.25) is 0 Å². The van der Waals surface area contributed by atoms with Crippen LogP contribution in [0.3, 0.4) is 0 Å². The summed E-state index contributed by atoms with van der Waals surface area (Å²) in [6.45, 7) is 8.15. The Morgan fingerprint density at radius 2 is 2.08 bits per heavy atom. The Morgan fingerprint density at radius 1 is 1.28 bits per heavy atom. The zero-order valence-corrected chi connectivity index (χ0v) is 14.8. The first kappa shape index (κ1) is 15.5. The van der Waals surface area contributed by atoms with Crippen molar-refractivity contribution in [3.63, 3.8) is 0 Å². The second-order valence-corrected chi connectivity index (χ2v) is 7.87. The molecule has 8 heteroatoms. The van der Waals surface area contributed by atoms with Crippen molar-refractivity contribution in [1.29, 1.82) is 0 Å². The number of anilines is 1. The molecule has 0 radical (unpaired) electrons. The lowest BCUT2D eigenvalue weighted by Crippen LogP contribution is -2.40. The second-order valence-electron chi connectivity index (χ2n) is 7.87. The summed E-state index contributed by atoms with van der Waals surface area (Å²) in [5, 5.41) is 7.88. The Hall–Kier alpha value is -1.74. The molecule has 5 unspecified atom stereocenters. The minimum atomic E-state index is -0.639. The highest BCUT2D eigenvalue weighted by atomic mass is 16.8. The van der Waals surface area contributed by atoms with Crippen LogP contribution in [0.25, 0.3) is 5.52 Å². The summed E-state index contributed by atoms with van der Waals surface area (Å²) in [7, 11) is 0. The molecule has 5 atom stereocenters. The van der Waals surface area contributed by atoms with Gasteiger partial charge in [0.2, 0.25) is 0 Å². The van der Waals surface area contributed by atoms with Gasteiger partial charge in [0.05, 0.1) is 11.7 Å². The highest BCUT2D eigenvalue weighted by molar-refractivity contribution is 5.65. The molecule has 4 heterocycles. The number of nitrogens with two attached hydrogens (primary N) is 1. The summed E-state index contributed by atoms with van der Waals surface area (Å²) in [5.74, 6) is -0.193. The van der Waals surface area contributed by atoms with Crippen LogP contribution in [-0.2, 0) is 14.2 Å². The van der Waals surface area contributed by atoms with E-state index in [0.29, 0.717) is 11.9 Å². The first-order valence-corrected chi connectivity index (χ1v) is 8.71. The van der Waals surface area contributed by atoms with Crippen molar-refractivity contribution in [2.75, 3.05) is 5.73 Å². The van der Waals surface area contributed by atoms with Crippen molar-refractivity contribution in [2.24, 2.45) is 0 Å². The molecule has 1 aliphatic carbocycles. The predicted molar refractivity (Wildman–Crippen MR) is 89.8 cm³/mol. The minimum absolute atomic E-state index is 0.0311. The molecule has 2 aromatic rings. The molecule has 2 saturated heterocycles. The monoisotopic (exact) mass is 345 g/mol. The molecule has 1 saturated carbocycles. The standard InChI is InChI=1S/C17H23N5O3/c1-8(2)21-12-14-17(12)13(24-16(3,4)25-17)11(23-14)9-5-6-10-15(18)19-7-20-22(9)10/h5-8,11-14,21H,1-4H3,(H2,18,19,20). The number of hydrogen-bond acceptors (Lipinski definition) is 7. The Kier molecular flexibility index (Phi) is 2.92. The van der Waals surface area contributed by atoms with Gasteiger partial charge in [-0.2, -0.15) is 5.10 Å². The van der Waals surface area contributed by atoms with Crippen LogP contribution >= 0.6 is 0 Å². The number of fused-ring (bicyclic) bond motifs is 1. The van der Waals surface area contributed by atoms with Crippen molar-refractivity contribution < 1.29 is 14.2 Å². The van der Waals surface area contributed by atoms with Crippen molar-refractivity contribution in [1.82, 2.24) is 19.9 Å².